The Hall–Kier alpha value is -1.19. The lowest BCUT2D eigenvalue weighted by Gasteiger charge is -2.46. The second-order valence-corrected chi connectivity index (χ2v) is 21.3. The van der Waals surface area contributed by atoms with Gasteiger partial charge >= 0.3 is 0 Å². The lowest BCUT2D eigenvalue weighted by molar-refractivity contribution is -0.135. The number of fused-ring (bicyclic) bond motifs is 2. The average Bonchev–Trinajstić information content (AvgIpc) is 3.56. The van der Waals surface area contributed by atoms with Crippen molar-refractivity contribution >= 4 is 17.3 Å². The Kier molecular flexibility index (Phi) is 16.2. The van der Waals surface area contributed by atoms with Crippen molar-refractivity contribution in [3.63, 3.8) is 0 Å². The predicted octanol–water partition coefficient (Wildman–Crippen LogP) is 8.69. The highest BCUT2D eigenvalue weighted by Crippen LogP contribution is 2.60. The first-order chi connectivity index (χ1) is 24.7. The van der Waals surface area contributed by atoms with Crippen LogP contribution in [0.3, 0.4) is 0 Å². The molecule has 0 saturated heterocycles. The predicted molar refractivity (Wildman–Crippen MR) is 216 cm³/mol. The Morgan fingerprint density at radius 1 is 0.648 bits per heavy atom. The minimum atomic E-state index is -1.28. The number of aliphatic hydroxyl groups is 5. The smallest absolute Gasteiger partial charge is 0.163 e. The second kappa shape index (κ2) is 18.6. The molecule has 0 bridgehead atoms. The van der Waals surface area contributed by atoms with Crippen LogP contribution in [0, 0.1) is 46.3 Å². The standard InChI is InChI=1S/C23H42O4.C23H40O4/c2*1-21(2,26)14-6-8-16(10-13-20(25)22(3,4)27)17-11-12-18-19(24)9-7-15-23(17,18)5/h16-19,24,26-27H,6-15H2,1-5H3;16-18,26-27H,6-15H2,1-5H3/t16-,17?,18?,19-,23+;16-,17?,18?,23+/m00/s1. The van der Waals surface area contributed by atoms with Gasteiger partial charge in [-0.25, -0.2) is 0 Å². The summed E-state index contributed by atoms with van der Waals surface area (Å²) in [7, 11) is 0. The van der Waals surface area contributed by atoms with Crippen molar-refractivity contribution in [1.29, 1.82) is 0 Å². The van der Waals surface area contributed by atoms with E-state index in [0.29, 0.717) is 48.2 Å². The summed E-state index contributed by atoms with van der Waals surface area (Å²) in [5.74, 6) is 2.60. The van der Waals surface area contributed by atoms with Crippen molar-refractivity contribution in [3.8, 4) is 0 Å². The molecule has 4 fully saturated rings. The number of aliphatic hydroxyl groups excluding tert-OH is 1. The summed E-state index contributed by atoms with van der Waals surface area (Å²) in [6, 6.07) is 0. The molecule has 8 heteroatoms. The molecule has 4 unspecified atom stereocenters. The summed E-state index contributed by atoms with van der Waals surface area (Å²) in [5, 5.41) is 50.7. The van der Waals surface area contributed by atoms with Crippen LogP contribution >= 0.6 is 0 Å². The molecule has 4 aliphatic rings. The normalized spacial score (nSPS) is 31.6. The first-order valence-electron chi connectivity index (χ1n) is 21.9. The van der Waals surface area contributed by atoms with Gasteiger partial charge in [-0.1, -0.05) is 46.0 Å². The third kappa shape index (κ3) is 12.9. The fourth-order valence-corrected chi connectivity index (χ4v) is 11.6. The molecule has 0 aromatic rings. The maximum Gasteiger partial charge on any atom is 0.163 e. The van der Waals surface area contributed by atoms with E-state index in [1.165, 1.54) is 6.42 Å². The highest BCUT2D eigenvalue weighted by Gasteiger charge is 2.54. The fourth-order valence-electron chi connectivity index (χ4n) is 11.6. The number of rotatable bonds is 18. The van der Waals surface area contributed by atoms with Gasteiger partial charge in [-0.15, -0.1) is 0 Å². The zero-order chi connectivity index (χ0) is 40.9. The molecule has 0 aromatic carbocycles. The number of hydrogen-bond donors (Lipinski definition) is 5. The summed E-state index contributed by atoms with van der Waals surface area (Å²) in [6.45, 7) is 18.3. The van der Waals surface area contributed by atoms with Gasteiger partial charge in [0.2, 0.25) is 0 Å². The Balaban J connectivity index is 0.000000290. The van der Waals surface area contributed by atoms with Gasteiger partial charge in [0, 0.05) is 25.2 Å². The Labute approximate surface area is 329 Å². The van der Waals surface area contributed by atoms with Crippen LogP contribution < -0.4 is 0 Å². The third-order valence-corrected chi connectivity index (χ3v) is 14.8. The Morgan fingerprint density at radius 2 is 1.09 bits per heavy atom. The van der Waals surface area contributed by atoms with Gasteiger partial charge in [0.15, 0.2) is 11.6 Å². The van der Waals surface area contributed by atoms with E-state index < -0.39 is 22.4 Å². The first-order valence-corrected chi connectivity index (χ1v) is 21.9. The summed E-state index contributed by atoms with van der Waals surface area (Å²) in [4.78, 5) is 37.1. The van der Waals surface area contributed by atoms with Crippen LogP contribution in [0.25, 0.3) is 0 Å². The quantitative estimate of drug-likeness (QED) is 0.0931. The van der Waals surface area contributed by atoms with Gasteiger partial charge in [0.25, 0.3) is 0 Å². The van der Waals surface area contributed by atoms with E-state index in [9.17, 15) is 39.9 Å². The largest absolute Gasteiger partial charge is 0.393 e. The monoisotopic (exact) mass is 763 g/mol. The highest BCUT2D eigenvalue weighted by molar-refractivity contribution is 5.86. The Morgan fingerprint density at radius 3 is 1.56 bits per heavy atom. The van der Waals surface area contributed by atoms with E-state index in [1.54, 1.807) is 27.7 Å². The SMILES string of the molecule is CC(C)(O)CCC[C@@H](CCC(=O)C(C)(C)O)C1CCC2C(=O)CCC[C@@]21C.CC(C)(O)CCC[C@@H](CCC(=O)C(C)(C)O)C1CCC2[C@@H](O)CCC[C@]12C. The highest BCUT2D eigenvalue weighted by atomic mass is 16.3. The number of Topliss-reactive ketones (excluding diaryl/α,β-unsaturated/α-hetero) is 3. The molecule has 0 spiro atoms. The van der Waals surface area contributed by atoms with Crippen LogP contribution in [0.1, 0.15) is 198 Å². The van der Waals surface area contributed by atoms with Gasteiger partial charge in [0.05, 0.1) is 17.3 Å². The zero-order valence-electron chi connectivity index (χ0n) is 36.1. The van der Waals surface area contributed by atoms with Gasteiger partial charge in [-0.3, -0.25) is 14.4 Å². The van der Waals surface area contributed by atoms with Crippen LogP contribution in [0.5, 0.6) is 0 Å². The van der Waals surface area contributed by atoms with E-state index in [1.807, 2.05) is 27.7 Å². The molecule has 4 rings (SSSR count). The molecule has 0 aromatic heterocycles. The van der Waals surface area contributed by atoms with Crippen molar-refractivity contribution < 1.29 is 39.9 Å². The van der Waals surface area contributed by atoms with Gasteiger partial charge < -0.3 is 25.5 Å². The maximum atomic E-state index is 12.5. The van der Waals surface area contributed by atoms with Crippen molar-refractivity contribution in [1.82, 2.24) is 0 Å². The molecule has 4 aliphatic carbocycles. The van der Waals surface area contributed by atoms with E-state index in [4.69, 9.17) is 0 Å². The van der Waals surface area contributed by atoms with Crippen molar-refractivity contribution in [3.05, 3.63) is 0 Å². The zero-order valence-corrected chi connectivity index (χ0v) is 36.1. The summed E-state index contributed by atoms with van der Waals surface area (Å²) in [6.07, 6.45) is 17.8. The average molecular weight is 763 g/mol. The number of carbonyl (C=O) groups is 3. The lowest BCUT2D eigenvalue weighted by Crippen LogP contribution is -2.42. The minimum Gasteiger partial charge on any atom is -0.393 e. The molecule has 4 saturated carbocycles. The lowest BCUT2D eigenvalue weighted by atomic mass is 9.60. The topological polar surface area (TPSA) is 152 Å². The number of carbonyl (C=O) groups excluding carboxylic acids is 3. The molecular formula is C46H82O8. The van der Waals surface area contributed by atoms with Gasteiger partial charge in [-0.2, -0.15) is 0 Å². The molecular weight excluding hydrogens is 680 g/mol. The van der Waals surface area contributed by atoms with Crippen molar-refractivity contribution in [2.24, 2.45) is 46.3 Å². The maximum absolute atomic E-state index is 12.5. The van der Waals surface area contributed by atoms with Gasteiger partial charge in [0.1, 0.15) is 17.0 Å². The summed E-state index contributed by atoms with van der Waals surface area (Å²) < 4.78 is 0. The molecule has 0 aliphatic heterocycles. The van der Waals surface area contributed by atoms with E-state index >= 15 is 0 Å². The van der Waals surface area contributed by atoms with Crippen molar-refractivity contribution in [2.75, 3.05) is 0 Å². The molecule has 9 atom stereocenters. The van der Waals surface area contributed by atoms with Crippen molar-refractivity contribution in [2.45, 2.75) is 226 Å². The molecule has 5 N–H and O–H groups in total. The van der Waals surface area contributed by atoms with E-state index in [0.717, 1.165) is 109 Å². The first kappa shape index (κ1) is 47.2. The summed E-state index contributed by atoms with van der Waals surface area (Å²) in [5.41, 5.74) is -3.64. The molecule has 314 valence electrons. The van der Waals surface area contributed by atoms with Gasteiger partial charge in [-0.05, 0) is 173 Å². The number of hydrogen-bond acceptors (Lipinski definition) is 8. The number of ketones is 3. The Bertz CT molecular complexity index is 1230. The molecule has 54 heavy (non-hydrogen) atoms. The van der Waals surface area contributed by atoms with Crippen LogP contribution in [0.4, 0.5) is 0 Å². The minimum absolute atomic E-state index is 0.0620. The molecule has 0 heterocycles. The van der Waals surface area contributed by atoms with Crippen LogP contribution in [-0.4, -0.2) is 71.4 Å². The van der Waals surface area contributed by atoms with Crippen LogP contribution in [0.2, 0.25) is 0 Å². The summed E-state index contributed by atoms with van der Waals surface area (Å²) >= 11 is 0. The molecule has 0 amide bonds. The van der Waals surface area contributed by atoms with E-state index in [-0.39, 0.29) is 34.4 Å². The molecule has 8 nitrogen and oxygen atoms in total. The fraction of sp³-hybridized carbons (Fsp3) is 0.935. The van der Waals surface area contributed by atoms with Crippen LogP contribution in [-0.2, 0) is 14.4 Å². The van der Waals surface area contributed by atoms with Crippen LogP contribution in [0.15, 0.2) is 0 Å². The molecule has 0 radical (unpaired) electrons. The third-order valence-electron chi connectivity index (χ3n) is 14.8. The second-order valence-electron chi connectivity index (χ2n) is 21.3. The van der Waals surface area contributed by atoms with E-state index in [2.05, 4.69) is 13.8 Å².